The Bertz CT molecular complexity index is 408. The molecule has 1 aliphatic carbocycles. The molecule has 1 aromatic carbocycles. The Morgan fingerprint density at radius 3 is 1.86 bits per heavy atom. The number of hydrogen-bond donors (Lipinski definition) is 1. The smallest absolute Gasteiger partial charge is 0.181 e. The molecule has 1 fully saturated rings. The lowest BCUT2D eigenvalue weighted by Crippen LogP contribution is -2.20. The number of rotatable bonds is 2. The van der Waals surface area contributed by atoms with Crippen LogP contribution in [0.15, 0.2) is 18.2 Å². The van der Waals surface area contributed by atoms with E-state index in [1.165, 1.54) is 63.9 Å². The van der Waals surface area contributed by atoms with Crippen LogP contribution in [0.4, 0.5) is 14.5 Å². The van der Waals surface area contributed by atoms with Gasteiger partial charge >= 0.3 is 0 Å². The van der Waals surface area contributed by atoms with Gasteiger partial charge in [-0.05, 0) is 25.0 Å². The minimum atomic E-state index is -0.770. The largest absolute Gasteiger partial charge is 0.380 e. The molecule has 0 unspecified atom stereocenters. The average molecular weight is 295 g/mol. The van der Waals surface area contributed by atoms with Gasteiger partial charge in [0.25, 0.3) is 0 Å². The van der Waals surface area contributed by atoms with Crippen LogP contribution in [0.2, 0.25) is 0 Å². The van der Waals surface area contributed by atoms with E-state index in [4.69, 9.17) is 0 Å². The van der Waals surface area contributed by atoms with Gasteiger partial charge in [0.15, 0.2) is 11.6 Å². The van der Waals surface area contributed by atoms with E-state index < -0.39 is 11.6 Å². The first-order chi connectivity index (χ1) is 10.3. The molecule has 1 aromatic rings. The molecular formula is C18H27F2N. The summed E-state index contributed by atoms with van der Waals surface area (Å²) in [4.78, 5) is 0. The number of nitrogens with one attached hydrogen (secondary N) is 1. The van der Waals surface area contributed by atoms with Crippen LogP contribution < -0.4 is 5.32 Å². The van der Waals surface area contributed by atoms with Crippen molar-refractivity contribution in [1.82, 2.24) is 0 Å². The molecule has 1 aliphatic rings. The molecule has 2 rings (SSSR count). The summed E-state index contributed by atoms with van der Waals surface area (Å²) in [5.41, 5.74) is 0.312. The molecule has 0 atom stereocenters. The zero-order valence-corrected chi connectivity index (χ0v) is 12.8. The maximum absolute atomic E-state index is 13.8. The van der Waals surface area contributed by atoms with Crippen molar-refractivity contribution in [3.8, 4) is 0 Å². The summed E-state index contributed by atoms with van der Waals surface area (Å²) in [6.45, 7) is 0. The molecule has 0 saturated heterocycles. The van der Waals surface area contributed by atoms with Crippen LogP contribution in [0.5, 0.6) is 0 Å². The zero-order valence-electron chi connectivity index (χ0n) is 12.8. The number of hydrogen-bond acceptors (Lipinski definition) is 1. The topological polar surface area (TPSA) is 12.0 Å². The monoisotopic (exact) mass is 295 g/mol. The summed E-state index contributed by atoms with van der Waals surface area (Å²) in [6, 6.07) is 4.63. The van der Waals surface area contributed by atoms with Gasteiger partial charge in [-0.1, -0.05) is 63.9 Å². The highest BCUT2D eigenvalue weighted by Crippen LogP contribution is 2.22. The molecular weight excluding hydrogens is 268 g/mol. The fourth-order valence-electron chi connectivity index (χ4n) is 3.14. The van der Waals surface area contributed by atoms with Crippen molar-refractivity contribution in [3.63, 3.8) is 0 Å². The van der Waals surface area contributed by atoms with Crippen LogP contribution in [-0.4, -0.2) is 6.04 Å². The summed E-state index contributed by atoms with van der Waals surface area (Å²) in [7, 11) is 0. The summed E-state index contributed by atoms with van der Waals surface area (Å²) in [5.74, 6) is -1.52. The van der Waals surface area contributed by atoms with E-state index in [0.29, 0.717) is 5.69 Å². The lowest BCUT2D eigenvalue weighted by atomic mass is 9.97. The Labute approximate surface area is 127 Å². The Hall–Kier alpha value is -1.12. The third-order valence-electron chi connectivity index (χ3n) is 4.42. The van der Waals surface area contributed by atoms with Crippen molar-refractivity contribution in [1.29, 1.82) is 0 Å². The van der Waals surface area contributed by atoms with Gasteiger partial charge < -0.3 is 5.32 Å². The van der Waals surface area contributed by atoms with Gasteiger partial charge in [-0.2, -0.15) is 0 Å². The highest BCUT2D eigenvalue weighted by atomic mass is 19.2. The van der Waals surface area contributed by atoms with Crippen molar-refractivity contribution in [2.45, 2.75) is 76.7 Å². The van der Waals surface area contributed by atoms with Crippen LogP contribution in [0.1, 0.15) is 70.6 Å². The maximum Gasteiger partial charge on any atom is 0.181 e. The summed E-state index contributed by atoms with van der Waals surface area (Å²) >= 11 is 0. The normalized spacial score (nSPS) is 19.5. The third-order valence-corrected chi connectivity index (χ3v) is 4.42. The fourth-order valence-corrected chi connectivity index (χ4v) is 3.14. The van der Waals surface area contributed by atoms with E-state index in [1.807, 2.05) is 0 Å². The molecule has 0 radical (unpaired) electrons. The molecule has 0 heterocycles. The lowest BCUT2D eigenvalue weighted by molar-refractivity contribution is 0.474. The Morgan fingerprint density at radius 1 is 0.762 bits per heavy atom. The minimum Gasteiger partial charge on any atom is -0.380 e. The van der Waals surface area contributed by atoms with E-state index >= 15 is 0 Å². The molecule has 1 N–H and O–H groups in total. The number of anilines is 1. The molecule has 21 heavy (non-hydrogen) atoms. The van der Waals surface area contributed by atoms with Gasteiger partial charge in [0.2, 0.25) is 0 Å². The van der Waals surface area contributed by atoms with E-state index in [9.17, 15) is 8.78 Å². The van der Waals surface area contributed by atoms with Crippen LogP contribution in [-0.2, 0) is 0 Å². The quantitative estimate of drug-likeness (QED) is 0.700. The van der Waals surface area contributed by atoms with E-state index in [-0.39, 0.29) is 6.04 Å². The second-order valence-corrected chi connectivity index (χ2v) is 6.20. The molecule has 0 aromatic heterocycles. The Morgan fingerprint density at radius 2 is 1.29 bits per heavy atom. The van der Waals surface area contributed by atoms with Crippen molar-refractivity contribution < 1.29 is 8.78 Å². The van der Waals surface area contributed by atoms with Crippen LogP contribution in [0, 0.1) is 11.6 Å². The molecule has 118 valence electrons. The number of halogens is 2. The van der Waals surface area contributed by atoms with Crippen LogP contribution in [0.3, 0.4) is 0 Å². The maximum atomic E-state index is 13.8. The van der Waals surface area contributed by atoms with Gasteiger partial charge in [0.1, 0.15) is 0 Å². The third kappa shape index (κ3) is 5.64. The minimum absolute atomic E-state index is 0.265. The van der Waals surface area contributed by atoms with Gasteiger partial charge in [-0.25, -0.2) is 8.78 Å². The van der Waals surface area contributed by atoms with Gasteiger partial charge in [-0.15, -0.1) is 0 Å². The second kappa shape index (κ2) is 9.01. The first-order valence-corrected chi connectivity index (χ1v) is 8.48. The van der Waals surface area contributed by atoms with Crippen molar-refractivity contribution >= 4 is 5.69 Å². The highest BCUT2D eigenvalue weighted by Gasteiger charge is 2.13. The second-order valence-electron chi connectivity index (χ2n) is 6.20. The number of benzene rings is 1. The molecule has 3 heteroatoms. The fraction of sp³-hybridized carbons (Fsp3) is 0.667. The lowest BCUT2D eigenvalue weighted by Gasteiger charge is -2.21. The Kier molecular flexibility index (Phi) is 6.98. The average Bonchev–Trinajstić information content (AvgIpc) is 2.46. The molecule has 0 spiro atoms. The predicted octanol–water partition coefficient (Wildman–Crippen LogP) is 6.05. The van der Waals surface area contributed by atoms with Crippen LogP contribution in [0.25, 0.3) is 0 Å². The first kappa shape index (κ1) is 16.3. The van der Waals surface area contributed by atoms with Gasteiger partial charge in [0, 0.05) is 6.04 Å². The summed E-state index contributed by atoms with van der Waals surface area (Å²) < 4.78 is 27.0. The molecule has 1 saturated carbocycles. The highest BCUT2D eigenvalue weighted by molar-refractivity contribution is 5.45. The zero-order chi connectivity index (χ0) is 14.9. The summed E-state index contributed by atoms with van der Waals surface area (Å²) in [6.07, 6.45) is 13.6. The van der Waals surface area contributed by atoms with Crippen molar-refractivity contribution in [3.05, 3.63) is 29.8 Å². The van der Waals surface area contributed by atoms with Crippen molar-refractivity contribution in [2.24, 2.45) is 0 Å². The molecule has 0 aliphatic heterocycles. The first-order valence-electron chi connectivity index (χ1n) is 8.48. The molecule has 0 amide bonds. The SMILES string of the molecule is Fc1cccc(NC2CCCCCCCCCCC2)c1F. The molecule has 1 nitrogen and oxygen atoms in total. The van der Waals surface area contributed by atoms with E-state index in [2.05, 4.69) is 5.32 Å². The summed E-state index contributed by atoms with van der Waals surface area (Å²) in [5, 5.41) is 3.23. The van der Waals surface area contributed by atoms with Gasteiger partial charge in [-0.3, -0.25) is 0 Å². The molecule has 0 bridgehead atoms. The standard InChI is InChI=1S/C18H27F2N/c19-16-13-10-14-17(18(16)20)21-15-11-8-6-4-2-1-3-5-7-9-12-15/h10,13-15,21H,1-9,11-12H2. The predicted molar refractivity (Wildman–Crippen MR) is 84.6 cm³/mol. The van der Waals surface area contributed by atoms with E-state index in [1.54, 1.807) is 12.1 Å². The Balaban J connectivity index is 1.92. The van der Waals surface area contributed by atoms with Crippen LogP contribution >= 0.6 is 0 Å². The van der Waals surface area contributed by atoms with E-state index in [0.717, 1.165) is 12.8 Å². The van der Waals surface area contributed by atoms with Gasteiger partial charge in [0.05, 0.1) is 5.69 Å². The van der Waals surface area contributed by atoms with Crippen molar-refractivity contribution in [2.75, 3.05) is 5.32 Å².